The maximum atomic E-state index is 11.6. The van der Waals surface area contributed by atoms with E-state index >= 15 is 0 Å². The molecule has 1 atom stereocenters. The van der Waals surface area contributed by atoms with Crippen molar-refractivity contribution in [2.24, 2.45) is 0 Å². The zero-order valence-electron chi connectivity index (χ0n) is 8.53. The first-order valence-corrected chi connectivity index (χ1v) is 4.94. The summed E-state index contributed by atoms with van der Waals surface area (Å²) in [7, 11) is 0. The van der Waals surface area contributed by atoms with Crippen molar-refractivity contribution in [1.29, 1.82) is 0 Å². The van der Waals surface area contributed by atoms with Crippen LogP contribution in [0.25, 0.3) is 0 Å². The van der Waals surface area contributed by atoms with Gasteiger partial charge in [0.25, 0.3) is 0 Å². The highest BCUT2D eigenvalue weighted by atomic mass is 16.2. The lowest BCUT2D eigenvalue weighted by atomic mass is 10.1. The normalized spacial score (nSPS) is 21.5. The van der Waals surface area contributed by atoms with E-state index in [1.807, 2.05) is 11.8 Å². The number of nitrogens with two attached hydrogens (primary N) is 1. The summed E-state index contributed by atoms with van der Waals surface area (Å²) in [5, 5.41) is 9.34. The number of nitrogens with zero attached hydrogens (tertiary/aromatic N) is 3. The molecule has 82 valence electrons. The van der Waals surface area contributed by atoms with Gasteiger partial charge in [-0.25, -0.2) is 5.10 Å². The smallest absolute Gasteiger partial charge is 0.247 e. The summed E-state index contributed by atoms with van der Waals surface area (Å²) in [6.45, 7) is 3.28. The topological polar surface area (TPSA) is 99.9 Å². The van der Waals surface area contributed by atoms with Crippen LogP contribution in [-0.4, -0.2) is 40.2 Å². The fourth-order valence-corrected chi connectivity index (χ4v) is 1.75. The Labute approximate surface area is 87.0 Å². The quantitative estimate of drug-likeness (QED) is 0.587. The molecule has 7 heteroatoms. The fraction of sp³-hybridized carbons (Fsp3) is 0.625. The van der Waals surface area contributed by atoms with E-state index in [-0.39, 0.29) is 17.9 Å². The number of aromatic amines is 1. The second-order valence-corrected chi connectivity index (χ2v) is 3.43. The van der Waals surface area contributed by atoms with Gasteiger partial charge in [0.2, 0.25) is 17.8 Å². The summed E-state index contributed by atoms with van der Waals surface area (Å²) in [5.41, 5.74) is 5.45. The Morgan fingerprint density at radius 2 is 2.47 bits per heavy atom. The van der Waals surface area contributed by atoms with Crippen molar-refractivity contribution in [3.63, 3.8) is 0 Å². The molecule has 0 radical (unpaired) electrons. The van der Waals surface area contributed by atoms with Gasteiger partial charge in [-0.05, 0) is 6.42 Å². The zero-order chi connectivity index (χ0) is 10.8. The molecule has 1 fully saturated rings. The molecule has 0 saturated carbocycles. The number of nitrogens with one attached hydrogen (secondary N) is 2. The Morgan fingerprint density at radius 3 is 3.07 bits per heavy atom. The summed E-state index contributed by atoms with van der Waals surface area (Å²) in [6, 6.07) is -0.200. The molecule has 0 spiro atoms. The number of nitrogen functional groups attached to an aromatic ring is 1. The van der Waals surface area contributed by atoms with Crippen LogP contribution in [0, 0.1) is 0 Å². The number of H-pyrrole nitrogens is 1. The van der Waals surface area contributed by atoms with E-state index in [0.717, 1.165) is 6.42 Å². The van der Waals surface area contributed by atoms with E-state index in [1.165, 1.54) is 0 Å². The molecule has 1 unspecified atom stereocenters. The monoisotopic (exact) mass is 210 g/mol. The van der Waals surface area contributed by atoms with Crippen LogP contribution < -0.4 is 16.0 Å². The second-order valence-electron chi connectivity index (χ2n) is 3.43. The molecule has 1 aromatic heterocycles. The lowest BCUT2D eigenvalue weighted by Crippen LogP contribution is -2.55. The number of aromatic nitrogens is 3. The number of anilines is 2. The maximum absolute atomic E-state index is 11.6. The van der Waals surface area contributed by atoms with Crippen LogP contribution in [-0.2, 0) is 4.79 Å². The lowest BCUT2D eigenvalue weighted by molar-refractivity contribution is -0.123. The number of carbonyl (C=O) groups excluding carboxylic acids is 1. The SMILES string of the molecule is CCC1C(=O)NCCN1c1n[nH]c(N)n1. The van der Waals surface area contributed by atoms with Crippen LogP contribution in [0.2, 0.25) is 0 Å². The van der Waals surface area contributed by atoms with Crippen LogP contribution >= 0.6 is 0 Å². The highest BCUT2D eigenvalue weighted by Crippen LogP contribution is 2.16. The first-order chi connectivity index (χ1) is 7.22. The van der Waals surface area contributed by atoms with Gasteiger partial charge in [0.1, 0.15) is 6.04 Å². The van der Waals surface area contributed by atoms with Gasteiger partial charge in [0.05, 0.1) is 0 Å². The summed E-state index contributed by atoms with van der Waals surface area (Å²) in [6.07, 6.45) is 0.722. The van der Waals surface area contributed by atoms with Gasteiger partial charge in [-0.15, -0.1) is 5.10 Å². The zero-order valence-corrected chi connectivity index (χ0v) is 8.53. The molecule has 2 heterocycles. The van der Waals surface area contributed by atoms with Crippen LogP contribution in [0.1, 0.15) is 13.3 Å². The molecular weight excluding hydrogens is 196 g/mol. The van der Waals surface area contributed by atoms with Crippen molar-refractivity contribution in [1.82, 2.24) is 20.5 Å². The first-order valence-electron chi connectivity index (χ1n) is 4.94. The minimum absolute atomic E-state index is 0.0205. The van der Waals surface area contributed by atoms with Crippen molar-refractivity contribution >= 4 is 17.8 Å². The number of amides is 1. The van der Waals surface area contributed by atoms with E-state index in [2.05, 4.69) is 20.5 Å². The minimum atomic E-state index is -0.200. The molecular formula is C8H14N6O. The first kappa shape index (κ1) is 9.75. The minimum Gasteiger partial charge on any atom is -0.368 e. The molecule has 4 N–H and O–H groups in total. The third-order valence-electron chi connectivity index (χ3n) is 2.47. The summed E-state index contributed by atoms with van der Waals surface area (Å²) >= 11 is 0. The van der Waals surface area contributed by atoms with Crippen molar-refractivity contribution in [3.8, 4) is 0 Å². The van der Waals surface area contributed by atoms with E-state index in [0.29, 0.717) is 19.0 Å². The van der Waals surface area contributed by atoms with Gasteiger partial charge in [0.15, 0.2) is 0 Å². The average Bonchev–Trinajstić information content (AvgIpc) is 2.64. The predicted molar refractivity (Wildman–Crippen MR) is 55.2 cm³/mol. The summed E-state index contributed by atoms with van der Waals surface area (Å²) in [5.74, 6) is 0.784. The predicted octanol–water partition coefficient (Wildman–Crippen LogP) is -0.898. The van der Waals surface area contributed by atoms with Gasteiger partial charge in [0, 0.05) is 13.1 Å². The van der Waals surface area contributed by atoms with Gasteiger partial charge >= 0.3 is 0 Å². The van der Waals surface area contributed by atoms with Crippen LogP contribution in [0.5, 0.6) is 0 Å². The van der Waals surface area contributed by atoms with Gasteiger partial charge in [-0.2, -0.15) is 4.98 Å². The summed E-state index contributed by atoms with van der Waals surface area (Å²) < 4.78 is 0. The Morgan fingerprint density at radius 1 is 1.67 bits per heavy atom. The van der Waals surface area contributed by atoms with Crippen molar-refractivity contribution < 1.29 is 4.79 Å². The van der Waals surface area contributed by atoms with E-state index in [9.17, 15) is 4.79 Å². The Hall–Kier alpha value is -1.79. The number of hydrogen-bond acceptors (Lipinski definition) is 5. The van der Waals surface area contributed by atoms with E-state index < -0.39 is 0 Å². The van der Waals surface area contributed by atoms with Crippen molar-refractivity contribution in [2.45, 2.75) is 19.4 Å². The highest BCUT2D eigenvalue weighted by Gasteiger charge is 2.30. The van der Waals surface area contributed by atoms with Gasteiger partial charge in [-0.3, -0.25) is 4.79 Å². The van der Waals surface area contributed by atoms with Crippen LogP contribution in [0.15, 0.2) is 0 Å². The molecule has 1 saturated heterocycles. The van der Waals surface area contributed by atoms with E-state index in [1.54, 1.807) is 0 Å². The maximum Gasteiger partial charge on any atom is 0.247 e. The number of piperazine rings is 1. The highest BCUT2D eigenvalue weighted by molar-refractivity contribution is 5.85. The van der Waals surface area contributed by atoms with Crippen molar-refractivity contribution in [3.05, 3.63) is 0 Å². The Kier molecular flexibility index (Phi) is 2.44. The molecule has 1 amide bonds. The molecule has 0 aromatic carbocycles. The molecule has 0 aliphatic carbocycles. The Balaban J connectivity index is 2.22. The van der Waals surface area contributed by atoms with Gasteiger partial charge in [-0.1, -0.05) is 6.92 Å². The molecule has 2 rings (SSSR count). The molecule has 1 aliphatic rings. The molecule has 1 aromatic rings. The number of rotatable bonds is 2. The fourth-order valence-electron chi connectivity index (χ4n) is 1.75. The lowest BCUT2D eigenvalue weighted by Gasteiger charge is -2.33. The van der Waals surface area contributed by atoms with E-state index in [4.69, 9.17) is 5.73 Å². The van der Waals surface area contributed by atoms with Crippen LogP contribution in [0.3, 0.4) is 0 Å². The number of carbonyl (C=O) groups is 1. The Bertz CT molecular complexity index is 362. The third-order valence-corrected chi connectivity index (χ3v) is 2.47. The number of hydrogen-bond donors (Lipinski definition) is 3. The second kappa shape index (κ2) is 3.76. The largest absolute Gasteiger partial charge is 0.368 e. The molecule has 0 bridgehead atoms. The summed E-state index contributed by atoms with van der Waals surface area (Å²) in [4.78, 5) is 17.5. The standard InChI is InChI=1S/C8H14N6O/c1-2-5-6(15)10-3-4-14(5)8-11-7(9)12-13-8/h5H,2-4H2,1H3,(H,10,15)(H3,9,11,12,13). The van der Waals surface area contributed by atoms with Gasteiger partial charge < -0.3 is 16.0 Å². The third kappa shape index (κ3) is 1.72. The molecule has 1 aliphatic heterocycles. The van der Waals surface area contributed by atoms with Crippen LogP contribution in [0.4, 0.5) is 11.9 Å². The molecule has 15 heavy (non-hydrogen) atoms. The molecule has 7 nitrogen and oxygen atoms in total. The average molecular weight is 210 g/mol. The van der Waals surface area contributed by atoms with Crippen molar-refractivity contribution in [2.75, 3.05) is 23.7 Å².